The maximum Gasteiger partial charge on any atom is 0.209 e. The average Bonchev–Trinajstić information content (AvgIpc) is 2.49. The van der Waals surface area contributed by atoms with Crippen LogP contribution in [0.2, 0.25) is 0 Å². The van der Waals surface area contributed by atoms with Crippen molar-refractivity contribution in [1.29, 1.82) is 0 Å². The van der Waals surface area contributed by atoms with Crippen molar-refractivity contribution in [3.63, 3.8) is 0 Å². The highest BCUT2D eigenvalue weighted by molar-refractivity contribution is 5.59. The summed E-state index contributed by atoms with van der Waals surface area (Å²) in [6.45, 7) is 0. The lowest BCUT2D eigenvalue weighted by Gasteiger charge is -1.93. The molecule has 3 nitrogen and oxygen atoms in total. The summed E-state index contributed by atoms with van der Waals surface area (Å²) in [5, 5.41) is 13.4. The Morgan fingerprint density at radius 2 is 1.92 bits per heavy atom. The molecule has 0 bridgehead atoms. The van der Waals surface area contributed by atoms with Gasteiger partial charge in [-0.2, -0.15) is 5.10 Å². The first-order valence-corrected chi connectivity index (χ1v) is 4.06. The largest absolute Gasteiger partial charge is 0.493 e. The van der Waals surface area contributed by atoms with Crippen LogP contribution in [0.3, 0.4) is 0 Å². The lowest BCUT2D eigenvalue weighted by atomic mass is 10.2. The number of nitrogens with zero attached hydrogens (tertiary/aromatic N) is 2. The minimum Gasteiger partial charge on any atom is -0.493 e. The first-order chi connectivity index (χ1) is 6.27. The van der Waals surface area contributed by atoms with Gasteiger partial charge in [0.15, 0.2) is 0 Å². The second kappa shape index (κ2) is 2.94. The number of hydrogen-bond donors (Lipinski definition) is 1. The zero-order valence-corrected chi connectivity index (χ0v) is 7.31. The summed E-state index contributed by atoms with van der Waals surface area (Å²) >= 11 is 0. The summed E-state index contributed by atoms with van der Waals surface area (Å²) in [5.74, 6) is 0.179. The smallest absolute Gasteiger partial charge is 0.209 e. The Labute approximate surface area is 76.3 Å². The fourth-order valence-electron chi connectivity index (χ4n) is 1.21. The van der Waals surface area contributed by atoms with Crippen LogP contribution in [0.25, 0.3) is 11.3 Å². The summed E-state index contributed by atoms with van der Waals surface area (Å²) in [7, 11) is 1.71. The number of aryl methyl sites for hydroxylation is 1. The summed E-state index contributed by atoms with van der Waals surface area (Å²) in [4.78, 5) is 0. The normalized spacial score (nSPS) is 10.2. The molecular weight excluding hydrogens is 164 g/mol. The van der Waals surface area contributed by atoms with Gasteiger partial charge in [0, 0.05) is 18.7 Å². The lowest BCUT2D eigenvalue weighted by molar-refractivity contribution is 0.419. The second-order valence-corrected chi connectivity index (χ2v) is 2.88. The van der Waals surface area contributed by atoms with E-state index in [1.165, 1.54) is 4.68 Å². The van der Waals surface area contributed by atoms with Gasteiger partial charge in [-0.15, -0.1) is 0 Å². The second-order valence-electron chi connectivity index (χ2n) is 2.88. The molecule has 66 valence electrons. The molecule has 0 atom stereocenters. The van der Waals surface area contributed by atoms with Crippen LogP contribution in [-0.2, 0) is 7.05 Å². The van der Waals surface area contributed by atoms with E-state index in [-0.39, 0.29) is 5.88 Å². The number of aromatic hydroxyl groups is 1. The first kappa shape index (κ1) is 7.86. The van der Waals surface area contributed by atoms with Crippen molar-refractivity contribution in [3.05, 3.63) is 36.4 Å². The monoisotopic (exact) mass is 174 g/mol. The molecule has 0 amide bonds. The highest BCUT2D eigenvalue weighted by Gasteiger charge is 2.03. The van der Waals surface area contributed by atoms with Gasteiger partial charge in [0.05, 0.1) is 5.69 Å². The SMILES string of the molecule is Cn1nc(-c2ccccc2)cc1O. The van der Waals surface area contributed by atoms with Crippen LogP contribution in [0.15, 0.2) is 36.4 Å². The Hall–Kier alpha value is -1.77. The summed E-state index contributed by atoms with van der Waals surface area (Å²) in [6, 6.07) is 11.4. The fraction of sp³-hybridized carbons (Fsp3) is 0.100. The van der Waals surface area contributed by atoms with E-state index in [1.807, 2.05) is 30.3 Å². The molecule has 13 heavy (non-hydrogen) atoms. The summed E-state index contributed by atoms with van der Waals surface area (Å²) in [5.41, 5.74) is 1.80. The van der Waals surface area contributed by atoms with Crippen molar-refractivity contribution >= 4 is 0 Å². The molecular formula is C10H10N2O. The van der Waals surface area contributed by atoms with Gasteiger partial charge in [0.25, 0.3) is 0 Å². The topological polar surface area (TPSA) is 38.0 Å². The van der Waals surface area contributed by atoms with Crippen LogP contribution >= 0.6 is 0 Å². The van der Waals surface area contributed by atoms with Crippen LogP contribution in [0.5, 0.6) is 5.88 Å². The van der Waals surface area contributed by atoms with E-state index in [9.17, 15) is 5.11 Å². The molecule has 0 aliphatic carbocycles. The predicted molar refractivity (Wildman–Crippen MR) is 50.3 cm³/mol. The Morgan fingerprint density at radius 3 is 2.46 bits per heavy atom. The van der Waals surface area contributed by atoms with Gasteiger partial charge < -0.3 is 5.11 Å². The molecule has 0 aliphatic heterocycles. The molecule has 2 aromatic rings. The van der Waals surface area contributed by atoms with Crippen LogP contribution < -0.4 is 0 Å². The van der Waals surface area contributed by atoms with Crippen molar-refractivity contribution in [3.8, 4) is 17.1 Å². The highest BCUT2D eigenvalue weighted by Crippen LogP contribution is 2.20. The van der Waals surface area contributed by atoms with E-state index >= 15 is 0 Å². The maximum absolute atomic E-state index is 9.30. The molecule has 0 radical (unpaired) electrons. The quantitative estimate of drug-likeness (QED) is 0.715. The molecule has 0 fully saturated rings. The molecule has 1 aromatic carbocycles. The molecule has 0 unspecified atom stereocenters. The molecule has 0 saturated carbocycles. The zero-order chi connectivity index (χ0) is 9.26. The van der Waals surface area contributed by atoms with E-state index < -0.39 is 0 Å². The van der Waals surface area contributed by atoms with E-state index in [0.717, 1.165) is 11.3 Å². The summed E-state index contributed by atoms with van der Waals surface area (Å²) < 4.78 is 1.45. The Balaban J connectivity index is 2.48. The van der Waals surface area contributed by atoms with Crippen molar-refractivity contribution in [2.75, 3.05) is 0 Å². The molecule has 3 heteroatoms. The Morgan fingerprint density at radius 1 is 1.23 bits per heavy atom. The van der Waals surface area contributed by atoms with Crippen molar-refractivity contribution in [2.24, 2.45) is 7.05 Å². The molecule has 1 N–H and O–H groups in total. The van der Waals surface area contributed by atoms with Gasteiger partial charge in [-0.05, 0) is 0 Å². The number of aromatic nitrogens is 2. The van der Waals surface area contributed by atoms with Crippen molar-refractivity contribution in [1.82, 2.24) is 9.78 Å². The van der Waals surface area contributed by atoms with Crippen LogP contribution in [0.1, 0.15) is 0 Å². The van der Waals surface area contributed by atoms with E-state index in [0.29, 0.717) is 0 Å². The van der Waals surface area contributed by atoms with Gasteiger partial charge >= 0.3 is 0 Å². The first-order valence-electron chi connectivity index (χ1n) is 4.06. The van der Waals surface area contributed by atoms with E-state index in [2.05, 4.69) is 5.10 Å². The van der Waals surface area contributed by atoms with Gasteiger partial charge in [0.2, 0.25) is 5.88 Å². The molecule has 0 aliphatic rings. The number of rotatable bonds is 1. The Kier molecular flexibility index (Phi) is 1.77. The fourth-order valence-corrected chi connectivity index (χ4v) is 1.21. The maximum atomic E-state index is 9.30. The summed E-state index contributed by atoms with van der Waals surface area (Å²) in [6.07, 6.45) is 0. The van der Waals surface area contributed by atoms with Gasteiger partial charge in [-0.3, -0.25) is 0 Å². The zero-order valence-electron chi connectivity index (χ0n) is 7.31. The third-order valence-electron chi connectivity index (χ3n) is 1.92. The van der Waals surface area contributed by atoms with Gasteiger partial charge in [-0.25, -0.2) is 4.68 Å². The van der Waals surface area contributed by atoms with E-state index in [1.54, 1.807) is 13.1 Å². The third-order valence-corrected chi connectivity index (χ3v) is 1.92. The lowest BCUT2D eigenvalue weighted by Crippen LogP contribution is -1.88. The third kappa shape index (κ3) is 1.40. The standard InChI is InChI=1S/C10H10N2O/c1-12-10(13)7-9(11-12)8-5-3-2-4-6-8/h2-7,13H,1H3. The number of benzene rings is 1. The van der Waals surface area contributed by atoms with Crippen LogP contribution in [0.4, 0.5) is 0 Å². The van der Waals surface area contributed by atoms with Crippen LogP contribution in [0, 0.1) is 0 Å². The molecule has 1 heterocycles. The van der Waals surface area contributed by atoms with Crippen LogP contribution in [-0.4, -0.2) is 14.9 Å². The van der Waals surface area contributed by atoms with Crippen molar-refractivity contribution < 1.29 is 5.11 Å². The molecule has 1 aromatic heterocycles. The predicted octanol–water partition coefficient (Wildman–Crippen LogP) is 1.79. The Bertz CT molecular complexity index is 387. The van der Waals surface area contributed by atoms with Gasteiger partial charge in [-0.1, -0.05) is 30.3 Å². The minimum atomic E-state index is 0.179. The molecule has 0 spiro atoms. The van der Waals surface area contributed by atoms with E-state index in [4.69, 9.17) is 0 Å². The van der Waals surface area contributed by atoms with Crippen molar-refractivity contribution in [2.45, 2.75) is 0 Å². The average molecular weight is 174 g/mol. The highest BCUT2D eigenvalue weighted by atomic mass is 16.3. The minimum absolute atomic E-state index is 0.179. The molecule has 2 rings (SSSR count). The van der Waals surface area contributed by atoms with Gasteiger partial charge in [0.1, 0.15) is 0 Å². The number of hydrogen-bond acceptors (Lipinski definition) is 2. The molecule has 0 saturated heterocycles.